The van der Waals surface area contributed by atoms with E-state index in [1.54, 1.807) is 0 Å². The van der Waals surface area contributed by atoms with Crippen LogP contribution in [0.4, 0.5) is 5.69 Å². The van der Waals surface area contributed by atoms with Crippen LogP contribution in [0.2, 0.25) is 0 Å². The highest BCUT2D eigenvalue weighted by molar-refractivity contribution is 5.78. The molecule has 0 saturated heterocycles. The quantitative estimate of drug-likeness (QED) is 0.703. The predicted molar refractivity (Wildman–Crippen MR) is 82.6 cm³/mol. The van der Waals surface area contributed by atoms with E-state index in [0.717, 1.165) is 42.1 Å². The number of anilines is 1. The lowest BCUT2D eigenvalue weighted by atomic mass is 10.1. The van der Waals surface area contributed by atoms with Crippen molar-refractivity contribution >= 4 is 16.7 Å². The first-order chi connectivity index (χ1) is 9.37. The van der Waals surface area contributed by atoms with Crippen LogP contribution in [0.25, 0.3) is 11.0 Å². The summed E-state index contributed by atoms with van der Waals surface area (Å²) in [4.78, 5) is 10.1. The first-order valence-electron chi connectivity index (χ1n) is 7.06. The maximum atomic E-state index is 9.88. The Morgan fingerprint density at radius 1 is 1.40 bits per heavy atom. The second-order valence-electron chi connectivity index (χ2n) is 5.89. The molecule has 0 bridgehead atoms. The predicted octanol–water partition coefficient (Wildman–Crippen LogP) is 1.78. The number of hydrogen-bond acceptors (Lipinski definition) is 4. The Morgan fingerprint density at radius 2 is 2.15 bits per heavy atom. The summed E-state index contributed by atoms with van der Waals surface area (Å²) in [7, 11) is 0. The van der Waals surface area contributed by atoms with Gasteiger partial charge in [-0.1, -0.05) is 6.92 Å². The van der Waals surface area contributed by atoms with Crippen molar-refractivity contribution in [1.29, 1.82) is 0 Å². The van der Waals surface area contributed by atoms with Gasteiger partial charge >= 0.3 is 0 Å². The number of aromatic nitrogens is 2. The number of nitrogens with one attached hydrogen (secondary N) is 1. The largest absolute Gasteiger partial charge is 0.399 e. The lowest BCUT2D eigenvalue weighted by Gasteiger charge is -2.27. The molecule has 0 amide bonds. The van der Waals surface area contributed by atoms with E-state index in [-0.39, 0.29) is 0 Å². The standard InChI is InChI=1S/C15H24N4O/c1-4-19(10-15(2,3)20)8-7-14-17-12-6-5-11(16)9-13(12)18-14/h5-6,9,20H,4,7-8,10,16H2,1-3H3,(H,17,18). The second-order valence-corrected chi connectivity index (χ2v) is 5.89. The van der Waals surface area contributed by atoms with Crippen molar-refractivity contribution in [2.24, 2.45) is 0 Å². The Balaban J connectivity index is 2.01. The summed E-state index contributed by atoms with van der Waals surface area (Å²) in [6.07, 6.45) is 0.832. The van der Waals surface area contributed by atoms with Gasteiger partial charge in [-0.2, -0.15) is 0 Å². The fraction of sp³-hybridized carbons (Fsp3) is 0.533. The summed E-state index contributed by atoms with van der Waals surface area (Å²) < 4.78 is 0. The molecule has 5 nitrogen and oxygen atoms in total. The molecule has 1 aromatic carbocycles. The number of aliphatic hydroxyl groups is 1. The van der Waals surface area contributed by atoms with Gasteiger partial charge in [0.1, 0.15) is 5.82 Å². The van der Waals surface area contributed by atoms with Gasteiger partial charge in [0.05, 0.1) is 16.6 Å². The van der Waals surface area contributed by atoms with Crippen LogP contribution in [0.3, 0.4) is 0 Å². The Bertz CT molecular complexity index is 571. The van der Waals surface area contributed by atoms with E-state index >= 15 is 0 Å². The topological polar surface area (TPSA) is 78.2 Å². The normalized spacial score (nSPS) is 12.4. The van der Waals surface area contributed by atoms with Crippen LogP contribution in [0, 0.1) is 0 Å². The minimum Gasteiger partial charge on any atom is -0.399 e. The number of fused-ring (bicyclic) bond motifs is 1. The van der Waals surface area contributed by atoms with E-state index in [9.17, 15) is 5.11 Å². The average molecular weight is 276 g/mol. The molecule has 0 atom stereocenters. The Labute approximate surface area is 119 Å². The molecule has 110 valence electrons. The Hall–Kier alpha value is -1.59. The van der Waals surface area contributed by atoms with Gasteiger partial charge in [0.25, 0.3) is 0 Å². The van der Waals surface area contributed by atoms with Crippen LogP contribution in [0.5, 0.6) is 0 Å². The first kappa shape index (κ1) is 14.8. The molecule has 0 aliphatic rings. The van der Waals surface area contributed by atoms with Gasteiger partial charge in [0, 0.05) is 25.2 Å². The molecule has 2 aromatic rings. The molecule has 0 saturated carbocycles. The van der Waals surface area contributed by atoms with Gasteiger partial charge in [0.15, 0.2) is 0 Å². The zero-order valence-electron chi connectivity index (χ0n) is 12.5. The summed E-state index contributed by atoms with van der Waals surface area (Å²) in [6, 6.07) is 5.69. The van der Waals surface area contributed by atoms with Crippen molar-refractivity contribution in [3.8, 4) is 0 Å². The molecule has 0 aliphatic heterocycles. The average Bonchev–Trinajstić information content (AvgIpc) is 2.75. The van der Waals surface area contributed by atoms with Gasteiger partial charge in [-0.15, -0.1) is 0 Å². The molecular formula is C15H24N4O. The van der Waals surface area contributed by atoms with E-state index in [1.807, 2.05) is 32.0 Å². The van der Waals surface area contributed by atoms with Gasteiger partial charge in [0.2, 0.25) is 0 Å². The fourth-order valence-corrected chi connectivity index (χ4v) is 2.36. The van der Waals surface area contributed by atoms with E-state index in [1.165, 1.54) is 0 Å². The third-order valence-electron chi connectivity index (χ3n) is 3.28. The van der Waals surface area contributed by atoms with Crippen LogP contribution in [0.15, 0.2) is 18.2 Å². The number of H-pyrrole nitrogens is 1. The molecule has 1 heterocycles. The van der Waals surface area contributed by atoms with Gasteiger partial charge in [-0.05, 0) is 38.6 Å². The van der Waals surface area contributed by atoms with E-state index < -0.39 is 5.60 Å². The second kappa shape index (κ2) is 5.81. The van der Waals surface area contributed by atoms with Crippen LogP contribution < -0.4 is 5.73 Å². The molecule has 0 fully saturated rings. The van der Waals surface area contributed by atoms with Crippen molar-refractivity contribution in [1.82, 2.24) is 14.9 Å². The van der Waals surface area contributed by atoms with Gasteiger partial charge in [-0.3, -0.25) is 0 Å². The number of imidazole rings is 1. The number of nitrogen functional groups attached to an aromatic ring is 1. The maximum Gasteiger partial charge on any atom is 0.108 e. The molecule has 20 heavy (non-hydrogen) atoms. The number of rotatable bonds is 6. The lowest BCUT2D eigenvalue weighted by molar-refractivity contribution is 0.0381. The molecule has 5 heteroatoms. The van der Waals surface area contributed by atoms with Crippen molar-refractivity contribution in [2.45, 2.75) is 32.8 Å². The summed E-state index contributed by atoms with van der Waals surface area (Å²) in [5.41, 5.74) is 7.76. The number of nitrogens with zero attached hydrogens (tertiary/aromatic N) is 2. The zero-order valence-corrected chi connectivity index (χ0v) is 12.5. The van der Waals surface area contributed by atoms with Crippen LogP contribution in [-0.2, 0) is 6.42 Å². The van der Waals surface area contributed by atoms with E-state index in [2.05, 4.69) is 21.8 Å². The maximum absolute atomic E-state index is 9.88. The monoisotopic (exact) mass is 276 g/mol. The van der Waals surface area contributed by atoms with Crippen LogP contribution >= 0.6 is 0 Å². The fourth-order valence-electron chi connectivity index (χ4n) is 2.36. The molecule has 4 N–H and O–H groups in total. The number of aromatic amines is 1. The summed E-state index contributed by atoms with van der Waals surface area (Å²) in [6.45, 7) is 8.22. The number of benzene rings is 1. The highest BCUT2D eigenvalue weighted by atomic mass is 16.3. The number of nitrogens with two attached hydrogens (primary N) is 1. The van der Waals surface area contributed by atoms with E-state index in [4.69, 9.17) is 5.73 Å². The highest BCUT2D eigenvalue weighted by Gasteiger charge is 2.17. The molecule has 1 aromatic heterocycles. The summed E-state index contributed by atoms with van der Waals surface area (Å²) >= 11 is 0. The van der Waals surface area contributed by atoms with Crippen molar-refractivity contribution in [3.05, 3.63) is 24.0 Å². The summed E-state index contributed by atoms with van der Waals surface area (Å²) in [5, 5.41) is 9.88. The molecular weight excluding hydrogens is 252 g/mol. The SMILES string of the molecule is CCN(CCc1nc2ccc(N)cc2[nH]1)CC(C)(C)O. The molecule has 2 rings (SSSR count). The summed E-state index contributed by atoms with van der Waals surface area (Å²) in [5.74, 6) is 0.958. The zero-order chi connectivity index (χ0) is 14.8. The number of hydrogen-bond donors (Lipinski definition) is 3. The smallest absolute Gasteiger partial charge is 0.108 e. The first-order valence-corrected chi connectivity index (χ1v) is 7.06. The number of likely N-dealkylation sites (N-methyl/N-ethyl adjacent to an activating group) is 1. The molecule has 0 unspecified atom stereocenters. The van der Waals surface area contributed by atoms with Crippen LogP contribution in [0.1, 0.15) is 26.6 Å². The van der Waals surface area contributed by atoms with Crippen molar-refractivity contribution in [2.75, 3.05) is 25.4 Å². The molecule has 0 aliphatic carbocycles. The molecule has 0 spiro atoms. The van der Waals surface area contributed by atoms with E-state index in [0.29, 0.717) is 6.54 Å². The minimum atomic E-state index is -0.668. The highest BCUT2D eigenvalue weighted by Crippen LogP contribution is 2.15. The third kappa shape index (κ3) is 3.95. The molecule has 0 radical (unpaired) electrons. The van der Waals surface area contributed by atoms with Crippen LogP contribution in [-0.4, -0.2) is 45.2 Å². The van der Waals surface area contributed by atoms with Gasteiger partial charge < -0.3 is 20.7 Å². The minimum absolute atomic E-state index is 0.663. The van der Waals surface area contributed by atoms with Gasteiger partial charge in [-0.25, -0.2) is 4.98 Å². The lowest BCUT2D eigenvalue weighted by Crippen LogP contribution is -2.39. The Kier molecular flexibility index (Phi) is 4.30. The third-order valence-corrected chi connectivity index (χ3v) is 3.28. The Morgan fingerprint density at radius 3 is 2.80 bits per heavy atom. The van der Waals surface area contributed by atoms with Crippen molar-refractivity contribution < 1.29 is 5.11 Å². The van der Waals surface area contributed by atoms with Crippen molar-refractivity contribution in [3.63, 3.8) is 0 Å².